The first-order valence-electron chi connectivity index (χ1n) is 9.69. The quantitative estimate of drug-likeness (QED) is 0.345. The van der Waals surface area contributed by atoms with Gasteiger partial charge in [-0.1, -0.05) is 60.1 Å². The van der Waals surface area contributed by atoms with Crippen molar-refractivity contribution in [3.05, 3.63) is 100 Å². The lowest BCUT2D eigenvalue weighted by atomic mass is 9.94. The van der Waals surface area contributed by atoms with Crippen LogP contribution in [0.3, 0.4) is 0 Å². The number of aliphatic hydroxyl groups excluding tert-OH is 1. The summed E-state index contributed by atoms with van der Waals surface area (Å²) in [6.07, 6.45) is 0. The van der Waals surface area contributed by atoms with Crippen molar-refractivity contribution in [2.45, 2.75) is 13.0 Å². The van der Waals surface area contributed by atoms with Gasteiger partial charge in [0.05, 0.1) is 29.3 Å². The van der Waals surface area contributed by atoms with Crippen LogP contribution in [0.2, 0.25) is 5.02 Å². The molecule has 1 N–H and O–H groups in total. The Morgan fingerprint density at radius 3 is 2.23 bits per heavy atom. The monoisotopic (exact) mass is 433 g/mol. The lowest BCUT2D eigenvalue weighted by molar-refractivity contribution is -0.132. The van der Waals surface area contributed by atoms with E-state index in [2.05, 4.69) is 0 Å². The molecule has 156 valence electrons. The Labute approximate surface area is 185 Å². The van der Waals surface area contributed by atoms with Crippen molar-refractivity contribution in [1.82, 2.24) is 0 Å². The zero-order chi connectivity index (χ0) is 22.1. The molecule has 5 nitrogen and oxygen atoms in total. The molecular formula is C25H20ClNO4. The highest BCUT2D eigenvalue weighted by Crippen LogP contribution is 2.44. The van der Waals surface area contributed by atoms with Crippen LogP contribution >= 0.6 is 11.6 Å². The summed E-state index contributed by atoms with van der Waals surface area (Å²) in [6.45, 7) is 1.82. The number of ketones is 1. The Balaban J connectivity index is 2.00. The topological polar surface area (TPSA) is 66.8 Å². The van der Waals surface area contributed by atoms with E-state index in [1.54, 1.807) is 36.4 Å². The third-order valence-corrected chi connectivity index (χ3v) is 5.52. The standard InChI is InChI=1S/C25H20ClNO4/c1-15-13-18(24(31-2)19(26)14-15)22(28)20-21(16-9-5-3-6-10-16)27(25(30)23(20)29)17-11-7-4-8-12-17/h3-14,21,28H,1-2H3/b22-20+. The van der Waals surface area contributed by atoms with Crippen LogP contribution in [0, 0.1) is 6.92 Å². The van der Waals surface area contributed by atoms with Crippen LogP contribution in [0.25, 0.3) is 5.76 Å². The number of ether oxygens (including phenoxy) is 1. The summed E-state index contributed by atoms with van der Waals surface area (Å²) in [6, 6.07) is 20.6. The smallest absolute Gasteiger partial charge is 0.300 e. The lowest BCUT2D eigenvalue weighted by Gasteiger charge is -2.25. The lowest BCUT2D eigenvalue weighted by Crippen LogP contribution is -2.29. The number of nitrogens with zero attached hydrogens (tertiary/aromatic N) is 1. The average Bonchev–Trinajstić information content (AvgIpc) is 3.04. The molecular weight excluding hydrogens is 414 g/mol. The van der Waals surface area contributed by atoms with Crippen molar-refractivity contribution in [2.75, 3.05) is 12.0 Å². The SMILES string of the molecule is COc1c(Cl)cc(C)cc1/C(O)=C1\C(=O)C(=O)N(c2ccccc2)C1c1ccccc1. The number of amides is 1. The zero-order valence-corrected chi connectivity index (χ0v) is 17.8. The fourth-order valence-electron chi connectivity index (χ4n) is 3.90. The van der Waals surface area contributed by atoms with Crippen LogP contribution in [0.15, 0.2) is 78.4 Å². The average molecular weight is 434 g/mol. The number of hydrogen-bond acceptors (Lipinski definition) is 4. The van der Waals surface area contributed by atoms with Crippen molar-refractivity contribution in [2.24, 2.45) is 0 Å². The maximum atomic E-state index is 13.2. The number of aliphatic hydroxyl groups is 1. The van der Waals surface area contributed by atoms with Crippen molar-refractivity contribution >= 4 is 34.7 Å². The van der Waals surface area contributed by atoms with Crippen LogP contribution < -0.4 is 9.64 Å². The van der Waals surface area contributed by atoms with E-state index >= 15 is 0 Å². The fourth-order valence-corrected chi connectivity index (χ4v) is 4.25. The van der Waals surface area contributed by atoms with Gasteiger partial charge in [0.15, 0.2) is 0 Å². The Morgan fingerprint density at radius 2 is 1.61 bits per heavy atom. The highest BCUT2D eigenvalue weighted by molar-refractivity contribution is 6.51. The van der Waals surface area contributed by atoms with E-state index in [-0.39, 0.29) is 22.6 Å². The number of carbonyl (C=O) groups excluding carboxylic acids is 2. The summed E-state index contributed by atoms with van der Waals surface area (Å²) in [5.74, 6) is -1.57. The largest absolute Gasteiger partial charge is 0.507 e. The molecule has 0 bridgehead atoms. The highest BCUT2D eigenvalue weighted by Gasteiger charge is 2.47. The Hall–Kier alpha value is -3.57. The number of benzene rings is 3. The number of para-hydroxylation sites is 1. The normalized spacial score (nSPS) is 17.8. The second-order valence-electron chi connectivity index (χ2n) is 7.24. The summed E-state index contributed by atoms with van der Waals surface area (Å²) in [4.78, 5) is 27.7. The third kappa shape index (κ3) is 3.57. The molecule has 1 fully saturated rings. The number of halogens is 1. The molecule has 3 aromatic carbocycles. The second-order valence-corrected chi connectivity index (χ2v) is 7.65. The molecule has 1 atom stereocenters. The van der Waals surface area contributed by atoms with Crippen molar-refractivity contribution < 1.29 is 19.4 Å². The Bertz CT molecular complexity index is 1190. The Morgan fingerprint density at radius 1 is 1.00 bits per heavy atom. The summed E-state index contributed by atoms with van der Waals surface area (Å²) in [5, 5.41) is 11.6. The number of Topliss-reactive ketones (excluding diaryl/α,β-unsaturated/α-hetero) is 1. The number of anilines is 1. The van der Waals surface area contributed by atoms with Crippen LogP contribution in [-0.4, -0.2) is 23.9 Å². The fraction of sp³-hybridized carbons (Fsp3) is 0.120. The van der Waals surface area contributed by atoms with E-state index in [4.69, 9.17) is 16.3 Å². The maximum absolute atomic E-state index is 13.2. The van der Waals surface area contributed by atoms with Gasteiger partial charge in [-0.05, 0) is 42.3 Å². The van der Waals surface area contributed by atoms with E-state index < -0.39 is 17.7 Å². The zero-order valence-electron chi connectivity index (χ0n) is 17.0. The minimum absolute atomic E-state index is 0.0139. The van der Waals surface area contributed by atoms with E-state index in [0.717, 1.165) is 5.56 Å². The van der Waals surface area contributed by atoms with Crippen molar-refractivity contribution in [3.8, 4) is 5.75 Å². The third-order valence-electron chi connectivity index (χ3n) is 5.24. The van der Waals surface area contributed by atoms with Gasteiger partial charge in [-0.3, -0.25) is 14.5 Å². The van der Waals surface area contributed by atoms with Gasteiger partial charge < -0.3 is 9.84 Å². The molecule has 3 aromatic rings. The minimum atomic E-state index is -0.799. The van der Waals surface area contributed by atoms with Crippen LogP contribution in [0.5, 0.6) is 5.75 Å². The summed E-state index contributed by atoms with van der Waals surface area (Å²) >= 11 is 6.31. The summed E-state index contributed by atoms with van der Waals surface area (Å²) < 4.78 is 5.39. The molecule has 1 aliphatic heterocycles. The van der Waals surface area contributed by atoms with E-state index in [9.17, 15) is 14.7 Å². The molecule has 1 amide bonds. The molecule has 0 spiro atoms. The van der Waals surface area contributed by atoms with Gasteiger partial charge in [0.25, 0.3) is 11.7 Å². The van der Waals surface area contributed by atoms with Gasteiger partial charge in [0, 0.05) is 5.69 Å². The van der Waals surface area contributed by atoms with Crippen LogP contribution in [0.4, 0.5) is 5.69 Å². The number of aryl methyl sites for hydroxylation is 1. The molecule has 0 aromatic heterocycles. The predicted molar refractivity (Wildman–Crippen MR) is 120 cm³/mol. The number of carbonyl (C=O) groups is 2. The predicted octanol–water partition coefficient (Wildman–Crippen LogP) is 5.28. The van der Waals surface area contributed by atoms with Gasteiger partial charge in [0.2, 0.25) is 0 Å². The van der Waals surface area contributed by atoms with Gasteiger partial charge >= 0.3 is 0 Å². The molecule has 1 unspecified atom stereocenters. The molecule has 0 saturated carbocycles. The van der Waals surface area contributed by atoms with Gasteiger partial charge in [-0.2, -0.15) is 0 Å². The van der Waals surface area contributed by atoms with Gasteiger partial charge in [0.1, 0.15) is 11.5 Å². The van der Waals surface area contributed by atoms with Crippen molar-refractivity contribution in [1.29, 1.82) is 0 Å². The molecule has 0 aliphatic carbocycles. The van der Waals surface area contributed by atoms with Gasteiger partial charge in [-0.15, -0.1) is 0 Å². The molecule has 6 heteroatoms. The second kappa shape index (κ2) is 8.28. The number of methoxy groups -OCH3 is 1. The van der Waals surface area contributed by atoms with Crippen LogP contribution in [0.1, 0.15) is 22.7 Å². The van der Waals surface area contributed by atoms with E-state index in [1.807, 2.05) is 43.3 Å². The van der Waals surface area contributed by atoms with Crippen molar-refractivity contribution in [3.63, 3.8) is 0 Å². The number of rotatable bonds is 4. The molecule has 1 aliphatic rings. The highest BCUT2D eigenvalue weighted by atomic mass is 35.5. The summed E-state index contributed by atoms with van der Waals surface area (Å²) in [5.41, 5.74) is 2.29. The molecule has 1 saturated heterocycles. The Kier molecular flexibility index (Phi) is 5.53. The molecule has 4 rings (SSSR count). The first-order chi connectivity index (χ1) is 14.9. The van der Waals surface area contributed by atoms with E-state index in [0.29, 0.717) is 16.3 Å². The van der Waals surface area contributed by atoms with Gasteiger partial charge in [-0.25, -0.2) is 0 Å². The first-order valence-corrected chi connectivity index (χ1v) is 10.1. The molecule has 1 heterocycles. The maximum Gasteiger partial charge on any atom is 0.300 e. The molecule has 0 radical (unpaired) electrons. The molecule has 31 heavy (non-hydrogen) atoms. The summed E-state index contributed by atoms with van der Waals surface area (Å²) in [7, 11) is 1.44. The minimum Gasteiger partial charge on any atom is -0.507 e. The number of hydrogen-bond donors (Lipinski definition) is 1. The first kappa shape index (κ1) is 20.7. The van der Waals surface area contributed by atoms with E-state index in [1.165, 1.54) is 12.0 Å². The van der Waals surface area contributed by atoms with Crippen LogP contribution in [-0.2, 0) is 9.59 Å².